The molecule has 1 aromatic carbocycles. The van der Waals surface area contributed by atoms with E-state index < -0.39 is 0 Å². The van der Waals surface area contributed by atoms with E-state index in [0.717, 1.165) is 0 Å². The first-order valence-corrected chi connectivity index (χ1v) is 4.62. The van der Waals surface area contributed by atoms with Crippen LogP contribution in [0.4, 0.5) is 5.69 Å². The van der Waals surface area contributed by atoms with Gasteiger partial charge in [0.15, 0.2) is 0 Å². The standard InChI is InChI=1S/C12H13NO2/c1-2-3-4-9-12(15)13-10-7-5-6-8-11(10)14/h2-9,14H,1H3,(H,13,15)/b3-2+,9-4+. The molecule has 3 heteroatoms. The Morgan fingerprint density at radius 1 is 1.33 bits per heavy atom. The van der Waals surface area contributed by atoms with Crippen molar-refractivity contribution in [3.05, 3.63) is 48.6 Å². The van der Waals surface area contributed by atoms with Crippen molar-refractivity contribution in [2.45, 2.75) is 6.92 Å². The normalized spacial score (nSPS) is 11.0. The van der Waals surface area contributed by atoms with Gasteiger partial charge >= 0.3 is 0 Å². The second-order valence-electron chi connectivity index (χ2n) is 2.89. The van der Waals surface area contributed by atoms with Gasteiger partial charge in [0.1, 0.15) is 5.75 Å². The number of carbonyl (C=O) groups excluding carboxylic acids is 1. The van der Waals surface area contributed by atoms with Crippen LogP contribution in [0.5, 0.6) is 5.75 Å². The van der Waals surface area contributed by atoms with Gasteiger partial charge in [-0.2, -0.15) is 0 Å². The van der Waals surface area contributed by atoms with E-state index in [1.165, 1.54) is 12.1 Å². The molecule has 1 rings (SSSR count). The summed E-state index contributed by atoms with van der Waals surface area (Å²) in [5.41, 5.74) is 0.410. The molecule has 3 nitrogen and oxygen atoms in total. The molecule has 15 heavy (non-hydrogen) atoms. The van der Waals surface area contributed by atoms with Crippen molar-refractivity contribution in [1.82, 2.24) is 0 Å². The first-order chi connectivity index (χ1) is 7.24. The maximum absolute atomic E-state index is 11.3. The highest BCUT2D eigenvalue weighted by Gasteiger charge is 2.01. The van der Waals surface area contributed by atoms with Crippen LogP contribution in [0.1, 0.15) is 6.92 Å². The van der Waals surface area contributed by atoms with E-state index in [9.17, 15) is 9.90 Å². The molecule has 1 amide bonds. The number of nitrogens with one attached hydrogen (secondary N) is 1. The van der Waals surface area contributed by atoms with E-state index in [2.05, 4.69) is 5.32 Å². The number of para-hydroxylation sites is 2. The third kappa shape index (κ3) is 3.68. The molecule has 0 aromatic heterocycles. The summed E-state index contributed by atoms with van der Waals surface area (Å²) < 4.78 is 0. The van der Waals surface area contributed by atoms with Gasteiger partial charge in [-0.3, -0.25) is 4.79 Å². The highest BCUT2D eigenvalue weighted by atomic mass is 16.3. The summed E-state index contributed by atoms with van der Waals surface area (Å²) in [5, 5.41) is 11.9. The number of rotatable bonds is 3. The summed E-state index contributed by atoms with van der Waals surface area (Å²) in [4.78, 5) is 11.3. The number of benzene rings is 1. The Kier molecular flexibility index (Phi) is 4.16. The summed E-state index contributed by atoms with van der Waals surface area (Å²) in [6, 6.07) is 6.59. The lowest BCUT2D eigenvalue weighted by atomic mass is 10.3. The summed E-state index contributed by atoms with van der Waals surface area (Å²) in [6.07, 6.45) is 6.61. The SMILES string of the molecule is C/C=C/C=C/C(=O)Nc1ccccc1O. The Hall–Kier alpha value is -2.03. The highest BCUT2D eigenvalue weighted by molar-refractivity contribution is 6.00. The van der Waals surface area contributed by atoms with Crippen LogP contribution >= 0.6 is 0 Å². The van der Waals surface area contributed by atoms with Crippen LogP contribution in [0, 0.1) is 0 Å². The minimum Gasteiger partial charge on any atom is -0.506 e. The molecule has 0 aliphatic heterocycles. The number of hydrogen-bond acceptors (Lipinski definition) is 2. The van der Waals surface area contributed by atoms with Crippen LogP contribution < -0.4 is 5.32 Å². The van der Waals surface area contributed by atoms with Crippen molar-refractivity contribution in [3.8, 4) is 5.75 Å². The van der Waals surface area contributed by atoms with Crippen molar-refractivity contribution in [1.29, 1.82) is 0 Å². The molecule has 0 unspecified atom stereocenters. The van der Waals surface area contributed by atoms with Crippen LogP contribution in [-0.4, -0.2) is 11.0 Å². The van der Waals surface area contributed by atoms with Gasteiger partial charge in [0, 0.05) is 6.08 Å². The zero-order valence-corrected chi connectivity index (χ0v) is 8.47. The lowest BCUT2D eigenvalue weighted by molar-refractivity contribution is -0.111. The predicted molar refractivity (Wildman–Crippen MR) is 60.7 cm³/mol. The first-order valence-electron chi connectivity index (χ1n) is 4.62. The molecule has 0 spiro atoms. The number of anilines is 1. The monoisotopic (exact) mass is 203 g/mol. The molecule has 0 heterocycles. The van der Waals surface area contributed by atoms with Crippen LogP contribution in [0.15, 0.2) is 48.6 Å². The number of aromatic hydroxyl groups is 1. The minimum absolute atomic E-state index is 0.0604. The van der Waals surface area contributed by atoms with Crippen molar-refractivity contribution in [2.24, 2.45) is 0 Å². The van der Waals surface area contributed by atoms with E-state index in [0.29, 0.717) is 5.69 Å². The topological polar surface area (TPSA) is 49.3 Å². The molecule has 2 N–H and O–H groups in total. The molecule has 0 radical (unpaired) electrons. The zero-order valence-electron chi connectivity index (χ0n) is 8.47. The molecule has 0 atom stereocenters. The van der Waals surface area contributed by atoms with Crippen molar-refractivity contribution < 1.29 is 9.90 Å². The molecule has 0 aliphatic carbocycles. The summed E-state index contributed by atoms with van der Waals surface area (Å²) >= 11 is 0. The quantitative estimate of drug-likeness (QED) is 0.450. The number of allylic oxidation sites excluding steroid dienone is 3. The highest BCUT2D eigenvalue weighted by Crippen LogP contribution is 2.21. The number of phenols is 1. The smallest absolute Gasteiger partial charge is 0.248 e. The van der Waals surface area contributed by atoms with Gasteiger partial charge in [0.25, 0.3) is 0 Å². The largest absolute Gasteiger partial charge is 0.506 e. The first kappa shape index (κ1) is 11.0. The molecular formula is C12H13NO2. The lowest BCUT2D eigenvalue weighted by Crippen LogP contribution is -2.07. The second kappa shape index (κ2) is 5.65. The molecule has 78 valence electrons. The van der Waals surface area contributed by atoms with Gasteiger partial charge in [-0.25, -0.2) is 0 Å². The van der Waals surface area contributed by atoms with Gasteiger partial charge in [-0.15, -0.1) is 0 Å². The van der Waals surface area contributed by atoms with E-state index >= 15 is 0 Å². The summed E-state index contributed by atoms with van der Waals surface area (Å²) in [7, 11) is 0. The van der Waals surface area contributed by atoms with Crippen molar-refractivity contribution in [2.75, 3.05) is 5.32 Å². The van der Waals surface area contributed by atoms with Crippen LogP contribution in [-0.2, 0) is 4.79 Å². The average molecular weight is 203 g/mol. The number of hydrogen-bond donors (Lipinski definition) is 2. The van der Waals surface area contributed by atoms with Crippen LogP contribution in [0.2, 0.25) is 0 Å². The van der Waals surface area contributed by atoms with Crippen LogP contribution in [0.25, 0.3) is 0 Å². The second-order valence-corrected chi connectivity index (χ2v) is 2.89. The Balaban J connectivity index is 2.63. The Bertz CT molecular complexity index is 394. The Morgan fingerprint density at radius 2 is 2.07 bits per heavy atom. The zero-order chi connectivity index (χ0) is 11.1. The van der Waals surface area contributed by atoms with Crippen LogP contribution in [0.3, 0.4) is 0 Å². The van der Waals surface area contributed by atoms with E-state index in [-0.39, 0.29) is 11.7 Å². The van der Waals surface area contributed by atoms with E-state index in [4.69, 9.17) is 0 Å². The van der Waals surface area contributed by atoms with Gasteiger partial charge in [0.05, 0.1) is 5.69 Å². The van der Waals surface area contributed by atoms with Gasteiger partial charge in [-0.05, 0) is 19.1 Å². The molecule has 0 aliphatic rings. The molecule has 1 aromatic rings. The third-order valence-electron chi connectivity index (χ3n) is 1.71. The molecule has 0 fully saturated rings. The van der Waals surface area contributed by atoms with Crippen molar-refractivity contribution in [3.63, 3.8) is 0 Å². The summed E-state index contributed by atoms with van der Waals surface area (Å²) in [5.74, 6) is -0.208. The fourth-order valence-corrected chi connectivity index (χ4v) is 1.01. The Labute approximate surface area is 88.7 Å². The van der Waals surface area contributed by atoms with E-state index in [1.807, 2.05) is 13.0 Å². The summed E-state index contributed by atoms with van der Waals surface area (Å²) in [6.45, 7) is 1.87. The Morgan fingerprint density at radius 3 is 2.73 bits per heavy atom. The van der Waals surface area contributed by atoms with Gasteiger partial charge in [-0.1, -0.05) is 30.4 Å². The van der Waals surface area contributed by atoms with Crippen molar-refractivity contribution >= 4 is 11.6 Å². The number of carbonyl (C=O) groups is 1. The van der Waals surface area contributed by atoms with Gasteiger partial charge in [0.2, 0.25) is 5.91 Å². The number of amides is 1. The minimum atomic E-state index is -0.269. The van der Waals surface area contributed by atoms with E-state index in [1.54, 1.807) is 30.4 Å². The third-order valence-corrected chi connectivity index (χ3v) is 1.71. The maximum Gasteiger partial charge on any atom is 0.248 e. The molecule has 0 saturated carbocycles. The fraction of sp³-hybridized carbons (Fsp3) is 0.0833. The molecular weight excluding hydrogens is 190 g/mol. The lowest BCUT2D eigenvalue weighted by Gasteiger charge is -2.03. The average Bonchev–Trinajstić information content (AvgIpc) is 2.22. The molecule has 0 bridgehead atoms. The maximum atomic E-state index is 11.3. The predicted octanol–water partition coefficient (Wildman–Crippen LogP) is 2.46. The van der Waals surface area contributed by atoms with Gasteiger partial charge < -0.3 is 10.4 Å². The fourth-order valence-electron chi connectivity index (χ4n) is 1.01. The molecule has 0 saturated heterocycles. The number of phenolic OH excluding ortho intramolecular Hbond substituents is 1.